The number of carbonyl (C=O) groups excluding carboxylic acids is 1. The van der Waals surface area contributed by atoms with Gasteiger partial charge in [-0.15, -0.1) is 0 Å². The van der Waals surface area contributed by atoms with Crippen LogP contribution in [0.3, 0.4) is 0 Å². The second-order valence-electron chi connectivity index (χ2n) is 8.20. The maximum absolute atomic E-state index is 12.8. The molecule has 32 heavy (non-hydrogen) atoms. The topological polar surface area (TPSA) is 81.9 Å². The molecule has 0 unspecified atom stereocenters. The molecule has 7 nitrogen and oxygen atoms in total. The largest absolute Gasteiger partial charge is 0.490 e. The van der Waals surface area contributed by atoms with Crippen LogP contribution >= 0.6 is 0 Å². The van der Waals surface area contributed by atoms with E-state index in [4.69, 9.17) is 4.74 Å². The molecule has 4 aromatic rings. The summed E-state index contributed by atoms with van der Waals surface area (Å²) in [6, 6.07) is 15.4. The zero-order valence-corrected chi connectivity index (χ0v) is 18.0. The molecule has 0 bridgehead atoms. The number of piperidine rings is 1. The van der Waals surface area contributed by atoms with Gasteiger partial charge in [-0.3, -0.25) is 9.48 Å². The van der Waals surface area contributed by atoms with Crippen LogP contribution in [0.25, 0.3) is 22.0 Å². The third-order valence-electron chi connectivity index (χ3n) is 5.78. The lowest BCUT2D eigenvalue weighted by Crippen LogP contribution is -2.34. The average molecular weight is 428 g/mol. The molecule has 1 aliphatic heterocycles. The Hall–Kier alpha value is -3.58. The van der Waals surface area contributed by atoms with E-state index in [1.807, 2.05) is 61.9 Å². The summed E-state index contributed by atoms with van der Waals surface area (Å²) in [5.74, 6) is 0.817. The van der Waals surface area contributed by atoms with Crippen molar-refractivity contribution in [1.82, 2.24) is 25.3 Å². The number of benzene rings is 2. The fourth-order valence-electron chi connectivity index (χ4n) is 4.02. The van der Waals surface area contributed by atoms with Gasteiger partial charge in [0, 0.05) is 29.8 Å². The van der Waals surface area contributed by atoms with Crippen molar-refractivity contribution in [3.05, 3.63) is 72.2 Å². The summed E-state index contributed by atoms with van der Waals surface area (Å²) in [5, 5.41) is 17.1. The van der Waals surface area contributed by atoms with Crippen LogP contribution in [0.1, 0.15) is 28.9 Å². The predicted molar refractivity (Wildman–Crippen MR) is 123 cm³/mol. The van der Waals surface area contributed by atoms with E-state index in [1.54, 1.807) is 4.68 Å². The second kappa shape index (κ2) is 8.88. The highest BCUT2D eigenvalue weighted by Gasteiger charge is 2.15. The molecule has 2 aromatic carbocycles. The van der Waals surface area contributed by atoms with Gasteiger partial charge < -0.3 is 10.1 Å². The van der Waals surface area contributed by atoms with Gasteiger partial charge >= 0.3 is 0 Å². The maximum atomic E-state index is 12.8. The van der Waals surface area contributed by atoms with E-state index in [0.717, 1.165) is 53.7 Å². The zero-order valence-electron chi connectivity index (χ0n) is 18.0. The highest BCUT2D eigenvalue weighted by molar-refractivity contribution is 5.97. The van der Waals surface area contributed by atoms with Gasteiger partial charge in [0.25, 0.3) is 0 Å². The van der Waals surface area contributed by atoms with Crippen molar-refractivity contribution < 1.29 is 9.53 Å². The molecular weight excluding hydrogens is 402 g/mol. The van der Waals surface area contributed by atoms with Crippen molar-refractivity contribution in [2.45, 2.75) is 25.4 Å². The van der Waals surface area contributed by atoms with E-state index in [1.165, 1.54) is 0 Å². The molecule has 162 valence electrons. The van der Waals surface area contributed by atoms with Gasteiger partial charge in [0.05, 0.1) is 23.8 Å². The molecule has 0 saturated carbocycles. The minimum absolute atomic E-state index is 0.00970. The number of ketones is 1. The number of fused-ring (bicyclic) bond motifs is 1. The van der Waals surface area contributed by atoms with Crippen LogP contribution < -0.4 is 10.1 Å². The number of Topliss-reactive ketones (excluding diaryl/α,β-unsaturated/α-hetero) is 1. The second-order valence-corrected chi connectivity index (χ2v) is 8.20. The quantitative estimate of drug-likeness (QED) is 0.474. The van der Waals surface area contributed by atoms with E-state index in [2.05, 4.69) is 26.7 Å². The number of nitrogens with one attached hydrogen (secondary N) is 1. The molecule has 0 spiro atoms. The molecular formula is C25H25N5O2. The summed E-state index contributed by atoms with van der Waals surface area (Å²) < 4.78 is 7.80. The first-order valence-electron chi connectivity index (χ1n) is 10.9. The van der Waals surface area contributed by atoms with Gasteiger partial charge in [-0.25, -0.2) is 0 Å². The summed E-state index contributed by atoms with van der Waals surface area (Å²) in [5.41, 5.74) is 4.19. The third kappa shape index (κ3) is 4.53. The van der Waals surface area contributed by atoms with Gasteiger partial charge in [0.1, 0.15) is 11.9 Å². The van der Waals surface area contributed by atoms with Crippen LogP contribution in [0, 0.1) is 0 Å². The number of nitrogens with zero attached hydrogens (tertiary/aromatic N) is 4. The summed E-state index contributed by atoms with van der Waals surface area (Å²) in [7, 11) is 1.89. The number of carbonyl (C=O) groups is 1. The van der Waals surface area contributed by atoms with E-state index in [-0.39, 0.29) is 18.3 Å². The number of hydrogen-bond acceptors (Lipinski definition) is 6. The molecule has 1 saturated heterocycles. The van der Waals surface area contributed by atoms with Crippen LogP contribution in [-0.2, 0) is 13.5 Å². The Morgan fingerprint density at radius 2 is 1.88 bits per heavy atom. The van der Waals surface area contributed by atoms with E-state index >= 15 is 0 Å². The highest BCUT2D eigenvalue weighted by atomic mass is 16.5. The minimum Gasteiger partial charge on any atom is -0.490 e. The first-order chi connectivity index (χ1) is 15.6. The number of rotatable bonds is 6. The van der Waals surface area contributed by atoms with Crippen molar-refractivity contribution in [2.24, 2.45) is 7.05 Å². The smallest absolute Gasteiger partial charge is 0.168 e. The number of ether oxygens (including phenoxy) is 1. The van der Waals surface area contributed by atoms with Gasteiger partial charge in [-0.2, -0.15) is 15.3 Å². The fraction of sp³-hybridized carbons (Fsp3) is 0.280. The van der Waals surface area contributed by atoms with Crippen molar-refractivity contribution >= 4 is 16.7 Å². The molecule has 1 fully saturated rings. The average Bonchev–Trinajstić information content (AvgIpc) is 3.26. The molecule has 0 radical (unpaired) electrons. The summed E-state index contributed by atoms with van der Waals surface area (Å²) in [6.45, 7) is 1.97. The number of aromatic nitrogens is 4. The van der Waals surface area contributed by atoms with Crippen molar-refractivity contribution in [3.63, 3.8) is 0 Å². The maximum Gasteiger partial charge on any atom is 0.168 e. The van der Waals surface area contributed by atoms with Crippen molar-refractivity contribution in [2.75, 3.05) is 13.1 Å². The lowest BCUT2D eigenvalue weighted by Gasteiger charge is -2.23. The highest BCUT2D eigenvalue weighted by Crippen LogP contribution is 2.24. The lowest BCUT2D eigenvalue weighted by atomic mass is 10.0. The van der Waals surface area contributed by atoms with Gasteiger partial charge in [-0.1, -0.05) is 6.07 Å². The van der Waals surface area contributed by atoms with Gasteiger partial charge in [0.15, 0.2) is 5.78 Å². The monoisotopic (exact) mass is 427 g/mol. The zero-order chi connectivity index (χ0) is 21.9. The first kappa shape index (κ1) is 20.3. The molecule has 3 heterocycles. The summed E-state index contributed by atoms with van der Waals surface area (Å²) >= 11 is 0. The normalized spacial score (nSPS) is 14.5. The Kier molecular flexibility index (Phi) is 5.64. The SMILES string of the molecule is Cn1cc(-c2ccc3nnc(CC(=O)c4ccc(OC5CCNCC5)cc4)cc3c2)cn1. The minimum atomic E-state index is 0.00970. The molecule has 7 heteroatoms. The van der Waals surface area contributed by atoms with Crippen molar-refractivity contribution in [3.8, 4) is 16.9 Å². The first-order valence-corrected chi connectivity index (χ1v) is 10.9. The number of hydrogen-bond donors (Lipinski definition) is 1. The molecule has 0 atom stereocenters. The molecule has 1 N–H and O–H groups in total. The van der Waals surface area contributed by atoms with Crippen LogP contribution in [0.4, 0.5) is 0 Å². The Balaban J connectivity index is 1.29. The molecule has 2 aromatic heterocycles. The van der Waals surface area contributed by atoms with Gasteiger partial charge in [-0.05, 0) is 74.0 Å². The molecule has 5 rings (SSSR count). The summed E-state index contributed by atoms with van der Waals surface area (Å²) in [6.07, 6.45) is 6.25. The molecule has 0 amide bonds. The number of aryl methyl sites for hydroxylation is 1. The Labute approximate surface area is 186 Å². The summed E-state index contributed by atoms with van der Waals surface area (Å²) in [4.78, 5) is 12.8. The van der Waals surface area contributed by atoms with Crippen LogP contribution in [0.15, 0.2) is 60.9 Å². The van der Waals surface area contributed by atoms with Crippen LogP contribution in [-0.4, -0.2) is 45.0 Å². The Morgan fingerprint density at radius 1 is 1.06 bits per heavy atom. The Morgan fingerprint density at radius 3 is 2.62 bits per heavy atom. The van der Waals surface area contributed by atoms with E-state index < -0.39 is 0 Å². The molecule has 0 aliphatic carbocycles. The van der Waals surface area contributed by atoms with Crippen LogP contribution in [0.2, 0.25) is 0 Å². The molecule has 1 aliphatic rings. The predicted octanol–water partition coefficient (Wildman–Crippen LogP) is 3.59. The van der Waals surface area contributed by atoms with E-state index in [0.29, 0.717) is 11.3 Å². The fourth-order valence-corrected chi connectivity index (χ4v) is 4.02. The standard InChI is InChI=1S/C25H25N5O2/c1-30-16-20(15-27-30)18-4-7-24-19(12-18)13-21(28-29-24)14-25(31)17-2-5-22(6-3-17)32-23-8-10-26-11-9-23/h2-7,12-13,15-16,23,26H,8-11,14H2,1H3. The van der Waals surface area contributed by atoms with E-state index in [9.17, 15) is 4.79 Å². The van der Waals surface area contributed by atoms with Gasteiger partial charge in [0.2, 0.25) is 0 Å². The lowest BCUT2D eigenvalue weighted by molar-refractivity contribution is 0.0991. The van der Waals surface area contributed by atoms with Crippen molar-refractivity contribution in [1.29, 1.82) is 0 Å². The third-order valence-corrected chi connectivity index (χ3v) is 5.78. The van der Waals surface area contributed by atoms with Crippen LogP contribution in [0.5, 0.6) is 5.75 Å². The Bertz CT molecular complexity index is 1240.